The molecule has 2 aromatic rings. The van der Waals surface area contributed by atoms with Crippen LogP contribution in [0.2, 0.25) is 0 Å². The molecule has 0 saturated carbocycles. The van der Waals surface area contributed by atoms with E-state index in [1.807, 2.05) is 38.1 Å². The van der Waals surface area contributed by atoms with E-state index < -0.39 is 6.43 Å². The molecule has 0 aliphatic heterocycles. The molecule has 2 rings (SSSR count). The Hall–Kier alpha value is -2.24. The van der Waals surface area contributed by atoms with Crippen LogP contribution in [0, 0.1) is 13.8 Å². The summed E-state index contributed by atoms with van der Waals surface area (Å²) in [6.07, 6.45) is -1.89. The van der Waals surface area contributed by atoms with E-state index in [1.165, 1.54) is 10.7 Å². The lowest BCUT2D eigenvalue weighted by Gasteiger charge is -2.18. The van der Waals surface area contributed by atoms with Crippen molar-refractivity contribution in [2.75, 3.05) is 0 Å². The molecule has 0 bridgehead atoms. The number of halogens is 2. The minimum Gasteiger partial charge on any atom is -0.348 e. The summed E-state index contributed by atoms with van der Waals surface area (Å²) in [5.41, 5.74) is 2.42. The van der Waals surface area contributed by atoms with Gasteiger partial charge in [-0.1, -0.05) is 36.8 Å². The van der Waals surface area contributed by atoms with E-state index in [0.717, 1.165) is 17.5 Å². The highest BCUT2D eigenvalue weighted by molar-refractivity contribution is 5.76. The Morgan fingerprint density at radius 1 is 1.26 bits per heavy atom. The molecule has 0 aliphatic rings. The average Bonchev–Trinajstić information content (AvgIpc) is 2.87. The zero-order valence-electron chi connectivity index (χ0n) is 13.5. The normalized spacial score (nSPS) is 12.4. The first-order chi connectivity index (χ1) is 10.9. The number of nitrogens with one attached hydrogen (secondary N) is 1. The summed E-state index contributed by atoms with van der Waals surface area (Å²) < 4.78 is 26.6. The lowest BCUT2D eigenvalue weighted by Crippen LogP contribution is -2.31. The predicted octanol–water partition coefficient (Wildman–Crippen LogP) is 3.71. The zero-order chi connectivity index (χ0) is 17.0. The number of benzene rings is 1. The molecule has 1 amide bonds. The summed E-state index contributed by atoms with van der Waals surface area (Å²) in [6.45, 7) is 5.58. The van der Waals surface area contributed by atoms with Crippen LogP contribution in [0.1, 0.15) is 48.3 Å². The van der Waals surface area contributed by atoms with Gasteiger partial charge in [0.1, 0.15) is 12.2 Å². The zero-order valence-corrected chi connectivity index (χ0v) is 13.5. The van der Waals surface area contributed by atoms with E-state index in [2.05, 4.69) is 10.4 Å². The number of hydrogen-bond donors (Lipinski definition) is 1. The van der Waals surface area contributed by atoms with E-state index in [4.69, 9.17) is 0 Å². The molecule has 1 aromatic carbocycles. The van der Waals surface area contributed by atoms with Crippen molar-refractivity contribution in [2.45, 2.75) is 46.2 Å². The highest BCUT2D eigenvalue weighted by atomic mass is 19.3. The third kappa shape index (κ3) is 4.37. The van der Waals surface area contributed by atoms with Crippen LogP contribution in [-0.2, 0) is 11.3 Å². The number of alkyl halides is 2. The first kappa shape index (κ1) is 17.1. The fourth-order valence-electron chi connectivity index (χ4n) is 2.40. The number of amides is 1. The molecule has 0 fully saturated rings. The Bertz CT molecular complexity index is 665. The Kier molecular flexibility index (Phi) is 5.47. The smallest absolute Gasteiger partial charge is 0.282 e. The summed E-state index contributed by atoms with van der Waals surface area (Å²) in [5, 5.41) is 6.70. The number of carbonyl (C=O) groups excluding carboxylic acids is 1. The molecule has 1 unspecified atom stereocenters. The average molecular weight is 321 g/mol. The maximum absolute atomic E-state index is 12.6. The van der Waals surface area contributed by atoms with Gasteiger partial charge in [0.05, 0.1) is 6.04 Å². The minimum absolute atomic E-state index is 0.0685. The van der Waals surface area contributed by atoms with E-state index in [-0.39, 0.29) is 24.2 Å². The van der Waals surface area contributed by atoms with Crippen molar-refractivity contribution in [2.24, 2.45) is 0 Å². The van der Waals surface area contributed by atoms with Crippen molar-refractivity contribution in [1.82, 2.24) is 15.1 Å². The molecule has 6 heteroatoms. The first-order valence-electron chi connectivity index (χ1n) is 7.59. The monoisotopic (exact) mass is 321 g/mol. The highest BCUT2D eigenvalue weighted by Crippen LogP contribution is 2.19. The second-order valence-corrected chi connectivity index (χ2v) is 5.61. The van der Waals surface area contributed by atoms with Gasteiger partial charge in [-0.15, -0.1) is 0 Å². The number of rotatable bonds is 6. The third-order valence-corrected chi connectivity index (χ3v) is 3.74. The van der Waals surface area contributed by atoms with Crippen molar-refractivity contribution < 1.29 is 13.6 Å². The molecule has 124 valence electrons. The molecule has 4 nitrogen and oxygen atoms in total. The van der Waals surface area contributed by atoms with Gasteiger partial charge in [-0.05, 0) is 31.9 Å². The van der Waals surface area contributed by atoms with Gasteiger partial charge >= 0.3 is 0 Å². The van der Waals surface area contributed by atoms with E-state index in [9.17, 15) is 13.6 Å². The van der Waals surface area contributed by atoms with Gasteiger partial charge in [0.15, 0.2) is 0 Å². The molecular weight excluding hydrogens is 300 g/mol. The lowest BCUT2D eigenvalue weighted by molar-refractivity contribution is -0.122. The van der Waals surface area contributed by atoms with Crippen molar-refractivity contribution in [3.05, 3.63) is 52.8 Å². The van der Waals surface area contributed by atoms with Crippen LogP contribution in [-0.4, -0.2) is 15.7 Å². The summed E-state index contributed by atoms with van der Waals surface area (Å²) in [6, 6.07) is 9.16. The molecule has 1 N–H and O–H groups in total. The Morgan fingerprint density at radius 2 is 1.91 bits per heavy atom. The number of hydrogen-bond acceptors (Lipinski definition) is 2. The Morgan fingerprint density at radius 3 is 2.43 bits per heavy atom. The number of carbonyl (C=O) groups is 1. The molecular formula is C17H21F2N3O. The maximum Gasteiger partial charge on any atom is 0.282 e. The third-order valence-electron chi connectivity index (χ3n) is 3.74. The second-order valence-electron chi connectivity index (χ2n) is 5.61. The standard InChI is InChI=1S/C17H21F2N3O/c1-4-14(13-7-5-11(2)6-8-13)20-16(23)10-22-12(3)9-15(21-22)17(18)19/h5-9,14,17H,4,10H2,1-3H3,(H,20,23). The fraction of sp³-hybridized carbons (Fsp3) is 0.412. The number of aromatic nitrogens is 2. The second kappa shape index (κ2) is 7.35. The van der Waals surface area contributed by atoms with Crippen LogP contribution < -0.4 is 5.32 Å². The molecule has 1 atom stereocenters. The Balaban J connectivity index is 2.04. The van der Waals surface area contributed by atoms with Crippen LogP contribution in [0.15, 0.2) is 30.3 Å². The maximum atomic E-state index is 12.6. The number of nitrogens with zero attached hydrogens (tertiary/aromatic N) is 2. The topological polar surface area (TPSA) is 46.9 Å². The summed E-state index contributed by atoms with van der Waals surface area (Å²) in [7, 11) is 0. The van der Waals surface area contributed by atoms with Crippen LogP contribution in [0.3, 0.4) is 0 Å². The van der Waals surface area contributed by atoms with Gasteiger partial charge in [0.25, 0.3) is 6.43 Å². The molecule has 0 aliphatic carbocycles. The largest absolute Gasteiger partial charge is 0.348 e. The molecule has 0 spiro atoms. The van der Waals surface area contributed by atoms with E-state index in [1.54, 1.807) is 6.92 Å². The van der Waals surface area contributed by atoms with Gasteiger partial charge < -0.3 is 5.32 Å². The van der Waals surface area contributed by atoms with E-state index in [0.29, 0.717) is 5.69 Å². The fourth-order valence-corrected chi connectivity index (χ4v) is 2.40. The summed E-state index contributed by atoms with van der Waals surface area (Å²) in [4.78, 5) is 12.2. The van der Waals surface area contributed by atoms with Crippen LogP contribution >= 0.6 is 0 Å². The number of aryl methyl sites for hydroxylation is 2. The minimum atomic E-state index is -2.63. The first-order valence-corrected chi connectivity index (χ1v) is 7.59. The molecule has 0 saturated heterocycles. The van der Waals surface area contributed by atoms with Gasteiger partial charge in [0.2, 0.25) is 5.91 Å². The summed E-state index contributed by atoms with van der Waals surface area (Å²) >= 11 is 0. The SMILES string of the molecule is CCC(NC(=O)Cn1nc(C(F)F)cc1C)c1ccc(C)cc1. The van der Waals surface area contributed by atoms with Crippen LogP contribution in [0.25, 0.3) is 0 Å². The predicted molar refractivity (Wildman–Crippen MR) is 84.3 cm³/mol. The molecule has 0 radical (unpaired) electrons. The van der Waals surface area contributed by atoms with Gasteiger partial charge in [-0.2, -0.15) is 5.10 Å². The van der Waals surface area contributed by atoms with Crippen molar-refractivity contribution in [3.8, 4) is 0 Å². The molecule has 1 aromatic heterocycles. The Labute approximate surface area is 134 Å². The highest BCUT2D eigenvalue weighted by Gasteiger charge is 2.17. The lowest BCUT2D eigenvalue weighted by atomic mass is 10.0. The van der Waals surface area contributed by atoms with Gasteiger partial charge in [0, 0.05) is 5.69 Å². The van der Waals surface area contributed by atoms with Crippen LogP contribution in [0.5, 0.6) is 0 Å². The van der Waals surface area contributed by atoms with Crippen molar-refractivity contribution in [1.29, 1.82) is 0 Å². The van der Waals surface area contributed by atoms with Crippen LogP contribution in [0.4, 0.5) is 8.78 Å². The molecule has 1 heterocycles. The summed E-state index contributed by atoms with van der Waals surface area (Å²) in [5.74, 6) is -0.246. The molecule has 23 heavy (non-hydrogen) atoms. The van der Waals surface area contributed by atoms with Crippen molar-refractivity contribution in [3.63, 3.8) is 0 Å². The van der Waals surface area contributed by atoms with Crippen molar-refractivity contribution >= 4 is 5.91 Å². The van der Waals surface area contributed by atoms with Gasteiger partial charge in [-0.3, -0.25) is 9.48 Å². The van der Waals surface area contributed by atoms with E-state index >= 15 is 0 Å². The van der Waals surface area contributed by atoms with Gasteiger partial charge in [-0.25, -0.2) is 8.78 Å². The quantitative estimate of drug-likeness (QED) is 0.882.